The molecule has 0 radical (unpaired) electrons. The van der Waals surface area contributed by atoms with Gasteiger partial charge in [0.2, 0.25) is 0 Å². The Hall–Kier alpha value is -0.880. The van der Waals surface area contributed by atoms with Crippen molar-refractivity contribution in [1.82, 2.24) is 9.97 Å². The zero-order chi connectivity index (χ0) is 11.8. The van der Waals surface area contributed by atoms with Crippen molar-refractivity contribution < 1.29 is 5.11 Å². The molecule has 5 nitrogen and oxygen atoms in total. The van der Waals surface area contributed by atoms with Gasteiger partial charge in [-0.3, -0.25) is 4.79 Å². The lowest BCUT2D eigenvalue weighted by Gasteiger charge is -2.37. The van der Waals surface area contributed by atoms with E-state index in [1.165, 1.54) is 6.33 Å². The van der Waals surface area contributed by atoms with Crippen LogP contribution in [-0.2, 0) is 0 Å². The molecule has 0 bridgehead atoms. The van der Waals surface area contributed by atoms with E-state index >= 15 is 0 Å². The number of nitrogens with one attached hydrogen (secondary N) is 1. The van der Waals surface area contributed by atoms with Crippen LogP contribution in [0.15, 0.2) is 15.6 Å². The molecule has 0 spiro atoms. The Morgan fingerprint density at radius 2 is 2.44 bits per heavy atom. The van der Waals surface area contributed by atoms with E-state index in [1.807, 2.05) is 4.90 Å². The molecule has 88 valence electrons. The second-order valence-corrected chi connectivity index (χ2v) is 5.18. The van der Waals surface area contributed by atoms with Crippen LogP contribution in [0.2, 0.25) is 0 Å². The number of aromatic nitrogens is 2. The van der Waals surface area contributed by atoms with Crippen molar-refractivity contribution in [2.75, 3.05) is 18.0 Å². The number of piperidine rings is 1. The van der Waals surface area contributed by atoms with E-state index in [1.54, 1.807) is 6.92 Å². The number of halogens is 1. The molecule has 1 unspecified atom stereocenters. The maximum atomic E-state index is 11.4. The van der Waals surface area contributed by atoms with E-state index in [0.717, 1.165) is 19.4 Å². The van der Waals surface area contributed by atoms with Crippen LogP contribution in [0.25, 0.3) is 0 Å². The van der Waals surface area contributed by atoms with E-state index in [-0.39, 0.29) is 5.56 Å². The van der Waals surface area contributed by atoms with Crippen molar-refractivity contribution in [3.8, 4) is 0 Å². The molecular formula is C10H14BrN3O2. The highest BCUT2D eigenvalue weighted by Gasteiger charge is 2.30. The molecule has 2 heterocycles. The van der Waals surface area contributed by atoms with Gasteiger partial charge in [-0.2, -0.15) is 0 Å². The Bertz CT molecular complexity index is 444. The lowest BCUT2D eigenvalue weighted by molar-refractivity contribution is 0.0446. The minimum atomic E-state index is -0.706. The third-order valence-electron chi connectivity index (χ3n) is 2.75. The maximum absolute atomic E-state index is 11.4. The molecule has 1 aliphatic heterocycles. The monoisotopic (exact) mass is 287 g/mol. The summed E-state index contributed by atoms with van der Waals surface area (Å²) >= 11 is 3.22. The largest absolute Gasteiger partial charge is 0.388 e. The highest BCUT2D eigenvalue weighted by Crippen LogP contribution is 2.27. The minimum absolute atomic E-state index is 0.199. The first-order chi connectivity index (χ1) is 7.49. The number of hydrogen-bond donors (Lipinski definition) is 2. The van der Waals surface area contributed by atoms with Crippen LogP contribution in [0.5, 0.6) is 0 Å². The van der Waals surface area contributed by atoms with Gasteiger partial charge >= 0.3 is 0 Å². The van der Waals surface area contributed by atoms with E-state index in [0.29, 0.717) is 16.8 Å². The zero-order valence-electron chi connectivity index (χ0n) is 9.03. The molecule has 1 aromatic rings. The van der Waals surface area contributed by atoms with Crippen LogP contribution in [0.4, 0.5) is 5.82 Å². The molecular weight excluding hydrogens is 274 g/mol. The van der Waals surface area contributed by atoms with Crippen LogP contribution >= 0.6 is 15.9 Å². The molecule has 2 N–H and O–H groups in total. The van der Waals surface area contributed by atoms with Gasteiger partial charge in [-0.1, -0.05) is 0 Å². The molecule has 2 rings (SSSR count). The van der Waals surface area contributed by atoms with Crippen molar-refractivity contribution in [3.05, 3.63) is 21.2 Å². The van der Waals surface area contributed by atoms with E-state index in [2.05, 4.69) is 25.9 Å². The fourth-order valence-electron chi connectivity index (χ4n) is 1.99. The highest BCUT2D eigenvalue weighted by atomic mass is 79.9. The Kier molecular flexibility index (Phi) is 3.03. The molecule has 16 heavy (non-hydrogen) atoms. The van der Waals surface area contributed by atoms with Crippen molar-refractivity contribution in [3.63, 3.8) is 0 Å². The van der Waals surface area contributed by atoms with Gasteiger partial charge in [-0.05, 0) is 35.7 Å². The first-order valence-corrected chi connectivity index (χ1v) is 5.99. The number of hydrogen-bond acceptors (Lipinski definition) is 4. The summed E-state index contributed by atoms with van der Waals surface area (Å²) in [6, 6.07) is 0. The van der Waals surface area contributed by atoms with Crippen molar-refractivity contribution >= 4 is 21.7 Å². The molecule has 0 amide bonds. The second kappa shape index (κ2) is 4.18. The number of H-pyrrole nitrogens is 1. The van der Waals surface area contributed by atoms with Gasteiger partial charge in [0.1, 0.15) is 10.3 Å². The smallest absolute Gasteiger partial charge is 0.267 e. The van der Waals surface area contributed by atoms with Gasteiger partial charge in [-0.25, -0.2) is 4.98 Å². The average molecular weight is 288 g/mol. The molecule has 0 aliphatic carbocycles. The predicted octanol–water partition coefficient (Wildman–Crippen LogP) is 0.884. The van der Waals surface area contributed by atoms with Gasteiger partial charge < -0.3 is 15.0 Å². The number of anilines is 1. The number of β-amino-alcohol motifs (C(OH)–C–C–N with tert-alkyl or cyclic N) is 1. The van der Waals surface area contributed by atoms with Gasteiger partial charge in [-0.15, -0.1) is 0 Å². The number of aromatic amines is 1. The predicted molar refractivity (Wildman–Crippen MR) is 64.6 cm³/mol. The van der Waals surface area contributed by atoms with Crippen molar-refractivity contribution in [1.29, 1.82) is 0 Å². The Morgan fingerprint density at radius 3 is 3.12 bits per heavy atom. The third kappa shape index (κ3) is 2.27. The van der Waals surface area contributed by atoms with Crippen LogP contribution in [-0.4, -0.2) is 33.8 Å². The van der Waals surface area contributed by atoms with Crippen LogP contribution in [0, 0.1) is 0 Å². The Labute approximate surface area is 102 Å². The zero-order valence-corrected chi connectivity index (χ0v) is 10.6. The Balaban J connectivity index is 2.31. The lowest BCUT2D eigenvalue weighted by Crippen LogP contribution is -2.46. The third-order valence-corrected chi connectivity index (χ3v) is 3.47. The SMILES string of the molecule is CC1(O)CCCN(c2nc[nH]c(=O)c2Br)C1. The number of nitrogens with zero attached hydrogens (tertiary/aromatic N) is 2. The van der Waals surface area contributed by atoms with E-state index in [9.17, 15) is 9.90 Å². The molecule has 0 aromatic carbocycles. The van der Waals surface area contributed by atoms with Gasteiger partial charge in [0.25, 0.3) is 5.56 Å². The molecule has 0 saturated carbocycles. The van der Waals surface area contributed by atoms with Crippen LogP contribution in [0.1, 0.15) is 19.8 Å². The minimum Gasteiger partial charge on any atom is -0.388 e. The summed E-state index contributed by atoms with van der Waals surface area (Å²) in [6.07, 6.45) is 3.06. The second-order valence-electron chi connectivity index (χ2n) is 4.39. The highest BCUT2D eigenvalue weighted by molar-refractivity contribution is 9.10. The summed E-state index contributed by atoms with van der Waals surface area (Å²) < 4.78 is 0.424. The lowest BCUT2D eigenvalue weighted by atomic mass is 9.95. The topological polar surface area (TPSA) is 69.2 Å². The van der Waals surface area contributed by atoms with Crippen molar-refractivity contribution in [2.45, 2.75) is 25.4 Å². The van der Waals surface area contributed by atoms with Gasteiger partial charge in [0.05, 0.1) is 11.9 Å². The van der Waals surface area contributed by atoms with Crippen molar-refractivity contribution in [2.24, 2.45) is 0 Å². The normalized spacial score (nSPS) is 25.8. The van der Waals surface area contributed by atoms with Gasteiger partial charge in [0, 0.05) is 13.1 Å². The maximum Gasteiger partial charge on any atom is 0.267 e. The molecule has 1 fully saturated rings. The van der Waals surface area contributed by atoms with Crippen LogP contribution in [0.3, 0.4) is 0 Å². The average Bonchev–Trinajstić information content (AvgIpc) is 2.20. The summed E-state index contributed by atoms with van der Waals surface area (Å²) in [5.74, 6) is 0.601. The fraction of sp³-hybridized carbons (Fsp3) is 0.600. The van der Waals surface area contributed by atoms with E-state index < -0.39 is 5.60 Å². The molecule has 6 heteroatoms. The first-order valence-electron chi connectivity index (χ1n) is 5.20. The van der Waals surface area contributed by atoms with Gasteiger partial charge in [0.15, 0.2) is 0 Å². The summed E-state index contributed by atoms with van der Waals surface area (Å²) in [7, 11) is 0. The first kappa shape index (κ1) is 11.6. The number of rotatable bonds is 1. The number of aliphatic hydroxyl groups is 1. The molecule has 1 aromatic heterocycles. The summed E-state index contributed by atoms with van der Waals surface area (Å²) in [5, 5.41) is 10.00. The Morgan fingerprint density at radius 1 is 1.69 bits per heavy atom. The summed E-state index contributed by atoms with van der Waals surface area (Å²) in [5.41, 5.74) is -0.905. The quantitative estimate of drug-likeness (QED) is 0.805. The molecule has 1 saturated heterocycles. The van der Waals surface area contributed by atoms with Crippen LogP contribution < -0.4 is 10.5 Å². The van der Waals surface area contributed by atoms with E-state index in [4.69, 9.17) is 0 Å². The standard InChI is InChI=1S/C10H14BrN3O2/c1-10(16)3-2-4-14(5-10)8-7(11)9(15)13-6-12-8/h6,16H,2-5H2,1H3,(H,12,13,15). The molecule has 1 aliphatic rings. The molecule has 1 atom stereocenters. The fourth-order valence-corrected chi connectivity index (χ4v) is 2.46. The summed E-state index contributed by atoms with van der Waals surface area (Å²) in [4.78, 5) is 20.0. The summed E-state index contributed by atoms with van der Waals surface area (Å²) in [6.45, 7) is 3.12.